The second-order valence-electron chi connectivity index (χ2n) is 4.20. The zero-order chi connectivity index (χ0) is 15.1. The number of aliphatic carboxylic acids is 1. The molecule has 0 radical (unpaired) electrons. The zero-order valence-electron chi connectivity index (χ0n) is 11.1. The van der Waals surface area contributed by atoms with Gasteiger partial charge in [0.1, 0.15) is 5.51 Å². The predicted molar refractivity (Wildman–Crippen MR) is 79.4 cm³/mol. The van der Waals surface area contributed by atoms with Crippen molar-refractivity contribution in [2.45, 2.75) is 6.42 Å². The molecule has 0 spiro atoms. The van der Waals surface area contributed by atoms with Gasteiger partial charge < -0.3 is 15.3 Å². The van der Waals surface area contributed by atoms with Gasteiger partial charge in [-0.15, -0.1) is 10.2 Å². The molecule has 0 aliphatic heterocycles. The van der Waals surface area contributed by atoms with Gasteiger partial charge in [-0.1, -0.05) is 29.5 Å². The van der Waals surface area contributed by atoms with Crippen molar-refractivity contribution in [2.75, 3.05) is 23.3 Å². The number of para-hydroxylation sites is 1. The van der Waals surface area contributed by atoms with Crippen LogP contribution in [0.25, 0.3) is 0 Å². The van der Waals surface area contributed by atoms with E-state index in [-0.39, 0.29) is 25.4 Å². The van der Waals surface area contributed by atoms with Gasteiger partial charge in [0, 0.05) is 12.2 Å². The van der Waals surface area contributed by atoms with Gasteiger partial charge in [-0.25, -0.2) is 0 Å². The number of amides is 1. The van der Waals surface area contributed by atoms with Crippen LogP contribution in [0.4, 0.5) is 10.8 Å². The van der Waals surface area contributed by atoms with Crippen LogP contribution in [0.2, 0.25) is 0 Å². The minimum Gasteiger partial charge on any atom is -0.481 e. The van der Waals surface area contributed by atoms with E-state index in [1.807, 2.05) is 18.2 Å². The number of nitrogens with zero attached hydrogens (tertiary/aromatic N) is 3. The highest BCUT2D eigenvalue weighted by atomic mass is 32.1. The van der Waals surface area contributed by atoms with E-state index in [4.69, 9.17) is 5.11 Å². The summed E-state index contributed by atoms with van der Waals surface area (Å²) in [6.07, 6.45) is -0.0712. The summed E-state index contributed by atoms with van der Waals surface area (Å²) < 4.78 is 0. The Hall–Kier alpha value is -2.48. The molecule has 1 heterocycles. The lowest BCUT2D eigenvalue weighted by atomic mass is 10.3. The number of carbonyl (C=O) groups excluding carboxylic acids is 1. The highest BCUT2D eigenvalue weighted by molar-refractivity contribution is 7.13. The van der Waals surface area contributed by atoms with Crippen molar-refractivity contribution in [1.29, 1.82) is 0 Å². The molecule has 2 N–H and O–H groups in total. The molecule has 1 aromatic carbocycles. The number of nitrogens with one attached hydrogen (secondary N) is 1. The summed E-state index contributed by atoms with van der Waals surface area (Å²) in [7, 11) is 0. The predicted octanol–water partition coefficient (Wildman–Crippen LogP) is 1.46. The van der Waals surface area contributed by atoms with Gasteiger partial charge >= 0.3 is 5.97 Å². The maximum atomic E-state index is 12.0. The van der Waals surface area contributed by atoms with Gasteiger partial charge in [-0.2, -0.15) is 0 Å². The van der Waals surface area contributed by atoms with Crippen molar-refractivity contribution < 1.29 is 14.7 Å². The normalized spacial score (nSPS) is 10.1. The first-order valence-electron chi connectivity index (χ1n) is 6.23. The third-order valence-corrected chi connectivity index (χ3v) is 3.36. The van der Waals surface area contributed by atoms with Gasteiger partial charge in [0.25, 0.3) is 0 Å². The molecule has 0 aliphatic rings. The molecule has 0 bridgehead atoms. The number of rotatable bonds is 7. The van der Waals surface area contributed by atoms with Crippen LogP contribution < -0.4 is 10.2 Å². The highest BCUT2D eigenvalue weighted by Gasteiger charge is 2.15. The van der Waals surface area contributed by atoms with E-state index in [1.165, 1.54) is 16.8 Å². The fraction of sp³-hybridized carbons (Fsp3) is 0.231. The summed E-state index contributed by atoms with van der Waals surface area (Å²) >= 11 is 1.26. The fourth-order valence-electron chi connectivity index (χ4n) is 1.67. The Bertz CT molecular complexity index is 589. The average Bonchev–Trinajstić information content (AvgIpc) is 2.98. The van der Waals surface area contributed by atoms with Crippen molar-refractivity contribution in [3.63, 3.8) is 0 Å². The van der Waals surface area contributed by atoms with Crippen molar-refractivity contribution in [1.82, 2.24) is 10.2 Å². The molecule has 1 aromatic heterocycles. The van der Waals surface area contributed by atoms with Crippen LogP contribution in [0.5, 0.6) is 0 Å². The second kappa shape index (κ2) is 7.34. The highest BCUT2D eigenvalue weighted by Crippen LogP contribution is 2.16. The summed E-state index contributed by atoms with van der Waals surface area (Å²) in [5.74, 6) is -1.16. The molecular formula is C13H14N4O3S. The number of aromatic nitrogens is 2. The van der Waals surface area contributed by atoms with Gasteiger partial charge in [-0.3, -0.25) is 9.59 Å². The van der Waals surface area contributed by atoms with Crippen molar-refractivity contribution in [3.05, 3.63) is 35.8 Å². The number of carboxylic acids is 1. The Morgan fingerprint density at radius 2 is 2.05 bits per heavy atom. The second-order valence-corrected chi connectivity index (χ2v) is 5.01. The van der Waals surface area contributed by atoms with Gasteiger partial charge in [0.2, 0.25) is 11.0 Å². The summed E-state index contributed by atoms with van der Waals surface area (Å²) in [5.41, 5.74) is 2.23. The third-order valence-electron chi connectivity index (χ3n) is 2.61. The Morgan fingerprint density at radius 1 is 1.29 bits per heavy atom. The number of carboxylic acid groups (broad SMARTS) is 1. The van der Waals surface area contributed by atoms with Crippen LogP contribution in [0.1, 0.15) is 6.42 Å². The van der Waals surface area contributed by atoms with Crippen LogP contribution in [-0.4, -0.2) is 40.3 Å². The van der Waals surface area contributed by atoms with E-state index in [0.717, 1.165) is 0 Å². The molecule has 8 heteroatoms. The summed E-state index contributed by atoms with van der Waals surface area (Å²) in [5, 5.41) is 19.6. The first kappa shape index (κ1) is 14.9. The zero-order valence-corrected chi connectivity index (χ0v) is 11.9. The first-order chi connectivity index (χ1) is 10.1. The summed E-state index contributed by atoms with van der Waals surface area (Å²) in [6.45, 7) is 0.226. The maximum Gasteiger partial charge on any atom is 0.305 e. The molecule has 0 atom stereocenters. The topological polar surface area (TPSA) is 95.4 Å². The van der Waals surface area contributed by atoms with E-state index in [0.29, 0.717) is 10.8 Å². The number of carbonyl (C=O) groups is 2. The lowest BCUT2D eigenvalue weighted by Crippen LogP contribution is -2.34. The average molecular weight is 306 g/mol. The van der Waals surface area contributed by atoms with Crippen LogP contribution in [-0.2, 0) is 9.59 Å². The van der Waals surface area contributed by atoms with Gasteiger partial charge in [-0.05, 0) is 12.1 Å². The van der Waals surface area contributed by atoms with E-state index < -0.39 is 5.97 Å². The SMILES string of the molecule is O=C(O)CCN(CC(=O)Nc1ccccc1)c1nncs1. The van der Waals surface area contributed by atoms with Crippen molar-refractivity contribution in [3.8, 4) is 0 Å². The van der Waals surface area contributed by atoms with E-state index in [9.17, 15) is 9.59 Å². The number of hydrogen-bond acceptors (Lipinski definition) is 6. The van der Waals surface area contributed by atoms with Crippen LogP contribution in [0, 0.1) is 0 Å². The van der Waals surface area contributed by atoms with E-state index >= 15 is 0 Å². The molecule has 0 fully saturated rings. The number of hydrogen-bond donors (Lipinski definition) is 2. The van der Waals surface area contributed by atoms with Gasteiger partial charge in [0.15, 0.2) is 0 Å². The standard InChI is InChI=1S/C13H14N4O3S/c18-11(15-10-4-2-1-3-5-10)8-17(7-6-12(19)20)13-16-14-9-21-13/h1-5,9H,6-8H2,(H,15,18)(H,19,20). The van der Waals surface area contributed by atoms with Crippen LogP contribution >= 0.6 is 11.3 Å². The van der Waals surface area contributed by atoms with E-state index in [2.05, 4.69) is 15.5 Å². The molecule has 0 saturated carbocycles. The minimum atomic E-state index is -0.923. The van der Waals surface area contributed by atoms with E-state index in [1.54, 1.807) is 17.0 Å². The van der Waals surface area contributed by atoms with Gasteiger partial charge in [0.05, 0.1) is 13.0 Å². The fourth-order valence-corrected chi connectivity index (χ4v) is 2.26. The van der Waals surface area contributed by atoms with Crippen molar-refractivity contribution in [2.24, 2.45) is 0 Å². The minimum absolute atomic E-state index is 0.0252. The maximum absolute atomic E-state index is 12.0. The lowest BCUT2D eigenvalue weighted by molar-refractivity contribution is -0.136. The molecule has 0 aliphatic carbocycles. The molecular weight excluding hydrogens is 292 g/mol. The molecule has 1 amide bonds. The smallest absolute Gasteiger partial charge is 0.305 e. The molecule has 0 saturated heterocycles. The Morgan fingerprint density at radius 3 is 2.67 bits per heavy atom. The summed E-state index contributed by atoms with van der Waals surface area (Å²) in [6, 6.07) is 9.07. The first-order valence-corrected chi connectivity index (χ1v) is 7.11. The molecule has 21 heavy (non-hydrogen) atoms. The monoisotopic (exact) mass is 306 g/mol. The number of benzene rings is 1. The molecule has 7 nitrogen and oxygen atoms in total. The summed E-state index contributed by atoms with van der Waals surface area (Å²) in [4.78, 5) is 24.3. The number of anilines is 2. The Labute approximate surface area is 125 Å². The molecule has 110 valence electrons. The molecule has 2 rings (SSSR count). The third kappa shape index (κ3) is 4.84. The Kier molecular flexibility index (Phi) is 5.22. The van der Waals surface area contributed by atoms with Crippen LogP contribution in [0.3, 0.4) is 0 Å². The molecule has 2 aromatic rings. The Balaban J connectivity index is 1.97. The quantitative estimate of drug-likeness (QED) is 0.804. The van der Waals surface area contributed by atoms with Crippen LogP contribution in [0.15, 0.2) is 35.8 Å². The van der Waals surface area contributed by atoms with Crippen molar-refractivity contribution >= 4 is 34.0 Å². The molecule has 0 unspecified atom stereocenters. The lowest BCUT2D eigenvalue weighted by Gasteiger charge is -2.19. The largest absolute Gasteiger partial charge is 0.481 e.